The Morgan fingerprint density at radius 2 is 1.83 bits per heavy atom. The van der Waals surface area contributed by atoms with E-state index >= 15 is 0 Å². The zero-order valence-corrected chi connectivity index (χ0v) is 15.5. The van der Waals surface area contributed by atoms with E-state index in [0.29, 0.717) is 11.1 Å². The van der Waals surface area contributed by atoms with Crippen LogP contribution >= 0.6 is 0 Å². The van der Waals surface area contributed by atoms with Crippen LogP contribution in [0.4, 0.5) is 0 Å². The molecule has 0 bridgehead atoms. The summed E-state index contributed by atoms with van der Waals surface area (Å²) in [5.74, 6) is -1.32. The molecule has 1 nitrogen and oxygen atoms in total. The van der Waals surface area contributed by atoms with E-state index < -0.39 is 18.7 Å². The molecule has 0 amide bonds. The van der Waals surface area contributed by atoms with Crippen LogP contribution in [-0.2, 0) is 19.8 Å². The molecule has 2 rings (SSSR count). The molecule has 1 atom stereocenters. The van der Waals surface area contributed by atoms with Gasteiger partial charge < -0.3 is 0 Å². The number of aromatic nitrogens is 1. The molecule has 1 aromatic carbocycles. The maximum atomic E-state index is 8.84. The van der Waals surface area contributed by atoms with Gasteiger partial charge >= 0.3 is 0 Å². The highest BCUT2D eigenvalue weighted by Gasteiger charge is 2.21. The third-order valence-electron chi connectivity index (χ3n) is 3.70. The first kappa shape index (κ1) is 12.8. The molecule has 0 aliphatic carbocycles. The van der Waals surface area contributed by atoms with Gasteiger partial charge in [0, 0.05) is 22.7 Å². The van der Waals surface area contributed by atoms with Crippen LogP contribution < -0.4 is 4.57 Å². The largest absolute Gasteiger partial charge is 0.212 e. The molecule has 0 fully saturated rings. The van der Waals surface area contributed by atoms with Crippen molar-refractivity contribution in [1.29, 1.82) is 0 Å². The van der Waals surface area contributed by atoms with Crippen LogP contribution in [0.15, 0.2) is 36.5 Å². The topological polar surface area (TPSA) is 3.88 Å². The lowest BCUT2D eigenvalue weighted by molar-refractivity contribution is -0.660. The van der Waals surface area contributed by atoms with Crippen molar-refractivity contribution in [2.75, 3.05) is 0 Å². The number of benzene rings is 1. The lowest BCUT2D eigenvalue weighted by Crippen LogP contribution is -2.33. The van der Waals surface area contributed by atoms with E-state index in [0.717, 1.165) is 16.8 Å². The Hall–Kier alpha value is -1.63. The van der Waals surface area contributed by atoms with E-state index in [2.05, 4.69) is 13.0 Å². The van der Waals surface area contributed by atoms with Gasteiger partial charge in [0.2, 0.25) is 5.69 Å². The molecule has 0 saturated carbocycles. The Bertz CT molecular complexity index is 829. The minimum atomic E-state index is -1.88. The van der Waals surface area contributed by atoms with Crippen LogP contribution in [0.2, 0.25) is 0 Å². The smallest absolute Gasteiger partial charge is 0.201 e. The van der Waals surface area contributed by atoms with Crippen LogP contribution in [0, 0.1) is 18.2 Å². The zero-order chi connectivity index (χ0) is 20.8. The van der Waals surface area contributed by atoms with Gasteiger partial charge in [-0.2, -0.15) is 0 Å². The fraction of sp³-hybridized carbons (Fsp3) is 0.500. The van der Waals surface area contributed by atoms with Gasteiger partial charge in [0.25, 0.3) is 0 Å². The van der Waals surface area contributed by atoms with Crippen LogP contribution in [-0.4, -0.2) is 0 Å². The molecule has 0 aliphatic rings. The third-order valence-corrected chi connectivity index (χ3v) is 3.70. The van der Waals surface area contributed by atoms with E-state index in [1.54, 1.807) is 20.0 Å². The van der Waals surface area contributed by atoms with Gasteiger partial charge in [0.15, 0.2) is 6.20 Å². The molecule has 1 heterocycles. The Balaban J connectivity index is 2.84. The van der Waals surface area contributed by atoms with E-state index in [1.165, 1.54) is 0 Å². The zero-order valence-electron chi connectivity index (χ0n) is 19.5. The van der Waals surface area contributed by atoms with Crippen molar-refractivity contribution >= 4 is 0 Å². The van der Waals surface area contributed by atoms with E-state index in [9.17, 15) is 0 Å². The van der Waals surface area contributed by atoms with E-state index in [1.807, 2.05) is 56.7 Å². The minimum absolute atomic E-state index is 0.347. The van der Waals surface area contributed by atoms with E-state index in [-0.39, 0.29) is 5.41 Å². The Kier molecular flexibility index (Phi) is 3.81. The van der Waals surface area contributed by atoms with Gasteiger partial charge in [-0.3, -0.25) is 0 Å². The number of hydrogen-bond donors (Lipinski definition) is 0. The predicted molar refractivity (Wildman–Crippen MR) is 99.5 cm³/mol. The average molecular weight is 315 g/mol. The third kappa shape index (κ3) is 4.67. The van der Waals surface area contributed by atoms with Crippen molar-refractivity contribution in [3.8, 4) is 11.3 Å². The lowest BCUT2D eigenvalue weighted by atomic mass is 9.84. The van der Waals surface area contributed by atoms with Crippen molar-refractivity contribution in [3.63, 3.8) is 0 Å². The van der Waals surface area contributed by atoms with Crippen LogP contribution in [0.1, 0.15) is 56.8 Å². The number of hydrogen-bond acceptors (Lipinski definition) is 0. The summed E-state index contributed by atoms with van der Waals surface area (Å²) in [6.45, 7) is 11.2. The van der Waals surface area contributed by atoms with Crippen molar-refractivity contribution in [2.45, 2.75) is 54.3 Å². The molecule has 0 saturated heterocycles. The Morgan fingerprint density at radius 3 is 2.39 bits per heavy atom. The van der Waals surface area contributed by atoms with Crippen LogP contribution in [0.5, 0.6) is 0 Å². The van der Waals surface area contributed by atoms with E-state index in [4.69, 9.17) is 5.48 Å². The highest BCUT2D eigenvalue weighted by atomic mass is 14.9. The summed E-state index contributed by atoms with van der Waals surface area (Å²) in [5, 5.41) is 0. The van der Waals surface area contributed by atoms with Crippen molar-refractivity contribution in [2.24, 2.45) is 18.4 Å². The number of aryl methyl sites for hydroxylation is 2. The molecule has 0 aliphatic heterocycles. The van der Waals surface area contributed by atoms with Crippen molar-refractivity contribution in [3.05, 3.63) is 53.2 Å². The second-order valence-corrected chi connectivity index (χ2v) is 7.59. The van der Waals surface area contributed by atoms with Crippen LogP contribution in [0.25, 0.3) is 11.3 Å². The summed E-state index contributed by atoms with van der Waals surface area (Å²) in [6.07, 6.45) is -0.704. The standard InChI is InChI=1S/C22H32N/c1-16(2)12-19-15-23(7)21(13-18(19)14-22(4,5)6)20-11-9-8-10-17(20)3/h8-11,13,15-16H,12,14H2,1-7H3/q+1/i12D2,14D,16D. The first-order chi connectivity index (χ1) is 12.2. The fourth-order valence-electron chi connectivity index (χ4n) is 2.75. The SMILES string of the molecule is [2H]C(c1cc(-c2ccccc2C)[n+](C)cc1C([2H])([2H])C([2H])(C)C)C(C)(C)C. The molecule has 1 heteroatoms. The minimum Gasteiger partial charge on any atom is -0.201 e. The lowest BCUT2D eigenvalue weighted by Gasteiger charge is -2.21. The molecule has 1 unspecified atom stereocenters. The highest BCUT2D eigenvalue weighted by Crippen LogP contribution is 2.28. The van der Waals surface area contributed by atoms with Crippen molar-refractivity contribution < 1.29 is 10.1 Å². The maximum absolute atomic E-state index is 8.84. The van der Waals surface area contributed by atoms with Gasteiger partial charge in [0.05, 0.1) is 0 Å². The summed E-state index contributed by atoms with van der Waals surface area (Å²) >= 11 is 0. The molecule has 2 aromatic rings. The summed E-state index contributed by atoms with van der Waals surface area (Å²) in [4.78, 5) is 0. The number of nitrogens with zero attached hydrogens (tertiary/aromatic N) is 1. The molecule has 124 valence electrons. The molecular weight excluding hydrogens is 278 g/mol. The normalized spacial score (nSPS) is 17.0. The Labute approximate surface area is 148 Å². The fourth-order valence-corrected chi connectivity index (χ4v) is 2.75. The first-order valence-electron chi connectivity index (χ1n) is 10.3. The summed E-state index contributed by atoms with van der Waals surface area (Å²) < 4.78 is 36.4. The number of pyridine rings is 1. The molecular formula is C22H32N+. The van der Waals surface area contributed by atoms with Crippen LogP contribution in [0.3, 0.4) is 0 Å². The van der Waals surface area contributed by atoms with Gasteiger partial charge in [0.1, 0.15) is 7.05 Å². The van der Waals surface area contributed by atoms with Gasteiger partial charge in [-0.05, 0) is 48.2 Å². The first-order valence-corrected chi connectivity index (χ1v) is 8.20. The van der Waals surface area contributed by atoms with Gasteiger partial charge in [-0.25, -0.2) is 4.57 Å². The van der Waals surface area contributed by atoms with Gasteiger partial charge in [-0.15, -0.1) is 0 Å². The summed E-state index contributed by atoms with van der Waals surface area (Å²) in [5.41, 5.74) is 3.89. The van der Waals surface area contributed by atoms with Gasteiger partial charge in [-0.1, -0.05) is 52.8 Å². The second-order valence-electron chi connectivity index (χ2n) is 7.59. The molecule has 1 aromatic heterocycles. The van der Waals surface area contributed by atoms with Crippen molar-refractivity contribution in [1.82, 2.24) is 0 Å². The number of rotatable bonds is 4. The molecule has 0 N–H and O–H groups in total. The quantitative estimate of drug-likeness (QED) is 0.677. The Morgan fingerprint density at radius 1 is 1.17 bits per heavy atom. The monoisotopic (exact) mass is 314 g/mol. The predicted octanol–water partition coefficient (Wildman–Crippen LogP) is 5.27. The summed E-state index contributed by atoms with van der Waals surface area (Å²) in [6, 6.07) is 10.0. The molecule has 0 radical (unpaired) electrons. The molecule has 23 heavy (non-hydrogen) atoms. The second kappa shape index (κ2) is 6.86. The maximum Gasteiger partial charge on any atom is 0.212 e. The average Bonchev–Trinajstić information content (AvgIpc) is 2.52. The molecule has 0 spiro atoms. The highest BCUT2D eigenvalue weighted by molar-refractivity contribution is 5.61. The summed E-state index contributed by atoms with van der Waals surface area (Å²) in [7, 11) is 1.90.